The molecule has 3 nitrogen and oxygen atoms in total. The molecule has 0 aliphatic carbocycles. The van der Waals surface area contributed by atoms with Crippen molar-refractivity contribution >= 4 is 0 Å². The van der Waals surface area contributed by atoms with Gasteiger partial charge in [-0.15, -0.1) is 0 Å². The fourth-order valence-electron chi connectivity index (χ4n) is 1.73. The summed E-state index contributed by atoms with van der Waals surface area (Å²) in [7, 11) is 0. The molecule has 0 atom stereocenters. The van der Waals surface area contributed by atoms with Crippen molar-refractivity contribution in [2.45, 2.75) is 39.7 Å². The lowest BCUT2D eigenvalue weighted by atomic mass is 9.96. The van der Waals surface area contributed by atoms with E-state index in [0.29, 0.717) is 13.2 Å². The van der Waals surface area contributed by atoms with E-state index in [1.54, 1.807) is 0 Å². The van der Waals surface area contributed by atoms with Crippen LogP contribution in [0.5, 0.6) is 11.5 Å². The minimum absolute atomic E-state index is 0.212. The van der Waals surface area contributed by atoms with Crippen molar-refractivity contribution in [3.63, 3.8) is 0 Å². The van der Waals surface area contributed by atoms with E-state index in [-0.39, 0.29) is 5.54 Å². The maximum atomic E-state index is 6.02. The zero-order chi connectivity index (χ0) is 12.9. The van der Waals surface area contributed by atoms with Crippen LogP contribution in [0.15, 0.2) is 18.2 Å². The summed E-state index contributed by atoms with van der Waals surface area (Å²) in [6, 6.07) is 6.01. The standard InChI is InChI=1S/C14H23NO2/c1-5-16-12-8-7-11(10-14(3,4)15)9-13(12)17-6-2/h7-9H,5-6,10,15H2,1-4H3. The smallest absolute Gasteiger partial charge is 0.161 e. The summed E-state index contributed by atoms with van der Waals surface area (Å²) in [5.74, 6) is 1.60. The SMILES string of the molecule is CCOc1ccc(CC(C)(C)N)cc1OCC. The van der Waals surface area contributed by atoms with Crippen LogP contribution in [-0.4, -0.2) is 18.8 Å². The first-order valence-electron chi connectivity index (χ1n) is 6.13. The fourth-order valence-corrected chi connectivity index (χ4v) is 1.73. The van der Waals surface area contributed by atoms with Crippen LogP contribution in [0.2, 0.25) is 0 Å². The highest BCUT2D eigenvalue weighted by Gasteiger charge is 2.13. The molecule has 0 radical (unpaired) electrons. The first-order valence-corrected chi connectivity index (χ1v) is 6.13. The highest BCUT2D eigenvalue weighted by molar-refractivity contribution is 5.43. The molecule has 0 fully saturated rings. The Morgan fingerprint density at radius 3 is 2.18 bits per heavy atom. The Labute approximate surface area is 104 Å². The third-order valence-corrected chi connectivity index (χ3v) is 2.27. The van der Waals surface area contributed by atoms with Crippen LogP contribution in [0, 0.1) is 0 Å². The van der Waals surface area contributed by atoms with Crippen LogP contribution in [0.1, 0.15) is 33.3 Å². The molecule has 0 saturated heterocycles. The molecule has 3 heteroatoms. The normalized spacial score (nSPS) is 11.4. The van der Waals surface area contributed by atoms with Gasteiger partial charge >= 0.3 is 0 Å². The summed E-state index contributed by atoms with van der Waals surface area (Å²) in [6.07, 6.45) is 0.819. The van der Waals surface area contributed by atoms with Gasteiger partial charge in [0.1, 0.15) is 0 Å². The Kier molecular flexibility index (Phi) is 4.82. The Morgan fingerprint density at radius 1 is 1.06 bits per heavy atom. The minimum Gasteiger partial charge on any atom is -0.490 e. The van der Waals surface area contributed by atoms with E-state index in [0.717, 1.165) is 17.9 Å². The molecule has 1 rings (SSSR count). The Morgan fingerprint density at radius 2 is 1.65 bits per heavy atom. The third kappa shape index (κ3) is 4.65. The zero-order valence-electron chi connectivity index (χ0n) is 11.2. The lowest BCUT2D eigenvalue weighted by Crippen LogP contribution is -2.34. The molecule has 0 spiro atoms. The number of rotatable bonds is 6. The molecule has 1 aromatic rings. The van der Waals surface area contributed by atoms with Gasteiger partial charge in [-0.05, 0) is 51.8 Å². The molecule has 0 heterocycles. The summed E-state index contributed by atoms with van der Waals surface area (Å²) in [4.78, 5) is 0. The van der Waals surface area contributed by atoms with Crippen molar-refractivity contribution in [1.82, 2.24) is 0 Å². The molecule has 0 aliphatic rings. The van der Waals surface area contributed by atoms with E-state index in [2.05, 4.69) is 0 Å². The number of ether oxygens (including phenoxy) is 2. The van der Waals surface area contributed by atoms with Crippen molar-refractivity contribution < 1.29 is 9.47 Å². The number of hydrogen-bond acceptors (Lipinski definition) is 3. The van der Waals surface area contributed by atoms with Gasteiger partial charge < -0.3 is 15.2 Å². The molecular formula is C14H23NO2. The van der Waals surface area contributed by atoms with Gasteiger partial charge in [0.2, 0.25) is 0 Å². The summed E-state index contributed by atoms with van der Waals surface area (Å²) in [5.41, 5.74) is 6.98. The maximum Gasteiger partial charge on any atom is 0.161 e. The van der Waals surface area contributed by atoms with E-state index >= 15 is 0 Å². The monoisotopic (exact) mass is 237 g/mol. The number of benzene rings is 1. The lowest BCUT2D eigenvalue weighted by molar-refractivity contribution is 0.287. The predicted molar refractivity (Wildman–Crippen MR) is 70.8 cm³/mol. The zero-order valence-corrected chi connectivity index (χ0v) is 11.2. The van der Waals surface area contributed by atoms with Gasteiger partial charge in [-0.2, -0.15) is 0 Å². The van der Waals surface area contributed by atoms with Crippen LogP contribution in [0.3, 0.4) is 0 Å². The van der Waals surface area contributed by atoms with Crippen LogP contribution in [0.25, 0.3) is 0 Å². The largest absolute Gasteiger partial charge is 0.490 e. The molecule has 0 bridgehead atoms. The van der Waals surface area contributed by atoms with E-state index in [1.807, 2.05) is 45.9 Å². The quantitative estimate of drug-likeness (QED) is 0.827. The van der Waals surface area contributed by atoms with Crippen LogP contribution in [-0.2, 0) is 6.42 Å². The maximum absolute atomic E-state index is 6.02. The average Bonchev–Trinajstić information content (AvgIpc) is 2.20. The molecule has 0 aromatic heterocycles. The molecule has 0 aliphatic heterocycles. The van der Waals surface area contributed by atoms with E-state index in [1.165, 1.54) is 5.56 Å². The molecule has 96 valence electrons. The van der Waals surface area contributed by atoms with Crippen LogP contribution >= 0.6 is 0 Å². The molecule has 0 unspecified atom stereocenters. The van der Waals surface area contributed by atoms with E-state index in [4.69, 9.17) is 15.2 Å². The average molecular weight is 237 g/mol. The highest BCUT2D eigenvalue weighted by Crippen LogP contribution is 2.29. The lowest BCUT2D eigenvalue weighted by Gasteiger charge is -2.19. The van der Waals surface area contributed by atoms with Crippen molar-refractivity contribution in [1.29, 1.82) is 0 Å². The van der Waals surface area contributed by atoms with E-state index < -0.39 is 0 Å². The van der Waals surface area contributed by atoms with E-state index in [9.17, 15) is 0 Å². The van der Waals surface area contributed by atoms with Crippen molar-refractivity contribution in [3.8, 4) is 11.5 Å². The highest BCUT2D eigenvalue weighted by atomic mass is 16.5. The van der Waals surface area contributed by atoms with Crippen molar-refractivity contribution in [2.75, 3.05) is 13.2 Å². The molecule has 1 aromatic carbocycles. The Bertz CT molecular complexity index is 356. The molecular weight excluding hydrogens is 214 g/mol. The van der Waals surface area contributed by atoms with Crippen molar-refractivity contribution in [2.24, 2.45) is 5.73 Å². The molecule has 0 saturated carbocycles. The summed E-state index contributed by atoms with van der Waals surface area (Å²) in [5, 5.41) is 0. The molecule has 17 heavy (non-hydrogen) atoms. The summed E-state index contributed by atoms with van der Waals surface area (Å²) in [6.45, 7) is 9.24. The Balaban J connectivity index is 2.92. The van der Waals surface area contributed by atoms with Gasteiger partial charge in [0.05, 0.1) is 13.2 Å². The Hall–Kier alpha value is -1.22. The first-order chi connectivity index (χ1) is 7.96. The molecule has 2 N–H and O–H groups in total. The van der Waals surface area contributed by atoms with Gasteiger partial charge in [-0.3, -0.25) is 0 Å². The fraction of sp³-hybridized carbons (Fsp3) is 0.571. The van der Waals surface area contributed by atoms with Gasteiger partial charge in [0, 0.05) is 5.54 Å². The van der Waals surface area contributed by atoms with Crippen LogP contribution in [0.4, 0.5) is 0 Å². The molecule has 0 amide bonds. The summed E-state index contributed by atoms with van der Waals surface area (Å²) < 4.78 is 11.1. The summed E-state index contributed by atoms with van der Waals surface area (Å²) >= 11 is 0. The minimum atomic E-state index is -0.212. The van der Waals surface area contributed by atoms with Gasteiger partial charge in [-0.25, -0.2) is 0 Å². The van der Waals surface area contributed by atoms with Gasteiger partial charge in [-0.1, -0.05) is 6.07 Å². The first kappa shape index (κ1) is 13.8. The second-order valence-electron chi connectivity index (χ2n) is 4.81. The van der Waals surface area contributed by atoms with Gasteiger partial charge in [0.15, 0.2) is 11.5 Å². The van der Waals surface area contributed by atoms with Gasteiger partial charge in [0.25, 0.3) is 0 Å². The van der Waals surface area contributed by atoms with Crippen molar-refractivity contribution in [3.05, 3.63) is 23.8 Å². The number of nitrogens with two attached hydrogens (primary N) is 1. The predicted octanol–water partition coefficient (Wildman–Crippen LogP) is 2.76. The number of hydrogen-bond donors (Lipinski definition) is 1. The topological polar surface area (TPSA) is 44.5 Å². The third-order valence-electron chi connectivity index (χ3n) is 2.27. The second kappa shape index (κ2) is 5.92. The second-order valence-corrected chi connectivity index (χ2v) is 4.81. The van der Waals surface area contributed by atoms with Crippen LogP contribution < -0.4 is 15.2 Å².